The van der Waals surface area contributed by atoms with E-state index in [1.165, 1.54) is 0 Å². The highest BCUT2D eigenvalue weighted by molar-refractivity contribution is 6.08. The first-order valence-corrected chi connectivity index (χ1v) is 9.98. The van der Waals surface area contributed by atoms with Gasteiger partial charge in [0.2, 0.25) is 11.8 Å². The van der Waals surface area contributed by atoms with Gasteiger partial charge in [-0.15, -0.1) is 0 Å². The lowest BCUT2D eigenvalue weighted by Gasteiger charge is -2.34. The summed E-state index contributed by atoms with van der Waals surface area (Å²) < 4.78 is 5.02. The second kappa shape index (κ2) is 7.84. The van der Waals surface area contributed by atoms with E-state index in [0.29, 0.717) is 51.3 Å². The van der Waals surface area contributed by atoms with Crippen molar-refractivity contribution < 1.29 is 19.1 Å². The molecule has 3 aliphatic rings. The molecule has 1 N–H and O–H groups in total. The van der Waals surface area contributed by atoms with Crippen LogP contribution in [-0.2, 0) is 14.3 Å². The number of ether oxygens (including phenoxy) is 1. The Morgan fingerprint density at radius 1 is 1.00 bits per heavy atom. The summed E-state index contributed by atoms with van der Waals surface area (Å²) in [6.07, 6.45) is 4.49. The molecule has 0 aromatic rings. The fourth-order valence-corrected chi connectivity index (χ4v) is 3.92. The van der Waals surface area contributed by atoms with Gasteiger partial charge in [-0.25, -0.2) is 4.79 Å². The minimum atomic E-state index is -0.821. The van der Waals surface area contributed by atoms with E-state index in [9.17, 15) is 14.4 Å². The van der Waals surface area contributed by atoms with Crippen LogP contribution < -0.4 is 5.32 Å². The summed E-state index contributed by atoms with van der Waals surface area (Å²) in [7, 11) is 0. The first-order chi connectivity index (χ1) is 12.5. The van der Waals surface area contributed by atoms with E-state index < -0.39 is 5.41 Å². The first-order valence-electron chi connectivity index (χ1n) is 9.98. The first kappa shape index (κ1) is 19.0. The molecule has 26 heavy (non-hydrogen) atoms. The number of rotatable bonds is 4. The molecular weight excluding hydrogens is 334 g/mol. The third-order valence-corrected chi connectivity index (χ3v) is 6.02. The molecule has 0 bridgehead atoms. The van der Waals surface area contributed by atoms with Crippen LogP contribution in [0, 0.1) is 11.3 Å². The van der Waals surface area contributed by atoms with Gasteiger partial charge in [0, 0.05) is 32.2 Å². The van der Waals surface area contributed by atoms with Gasteiger partial charge in [0.05, 0.1) is 6.61 Å². The Hall–Kier alpha value is -1.79. The lowest BCUT2D eigenvalue weighted by atomic mass is 9.95. The van der Waals surface area contributed by atoms with Crippen molar-refractivity contribution in [3.05, 3.63) is 0 Å². The maximum atomic E-state index is 12.9. The zero-order valence-corrected chi connectivity index (χ0v) is 16.0. The highest BCUT2D eigenvalue weighted by Crippen LogP contribution is 2.48. The van der Waals surface area contributed by atoms with E-state index in [2.05, 4.69) is 12.2 Å². The topological polar surface area (TPSA) is 79.0 Å². The Morgan fingerprint density at radius 2 is 1.58 bits per heavy atom. The number of amides is 3. The number of hydrogen-bond donors (Lipinski definition) is 1. The number of hydrogen-bond acceptors (Lipinski definition) is 4. The normalized spacial score (nSPS) is 23.5. The summed E-state index contributed by atoms with van der Waals surface area (Å²) in [5.74, 6) is 0.564. The second-order valence-corrected chi connectivity index (χ2v) is 7.99. The molecule has 3 amide bonds. The number of piperidine rings is 2. The summed E-state index contributed by atoms with van der Waals surface area (Å²) in [5, 5.41) is 3.08. The van der Waals surface area contributed by atoms with Gasteiger partial charge >= 0.3 is 6.09 Å². The van der Waals surface area contributed by atoms with Crippen molar-refractivity contribution in [2.24, 2.45) is 11.3 Å². The standard InChI is InChI=1S/C19H31N3O4/c1-3-26-18(25)22-12-6-15(7-13-22)20-16(23)19(8-9-19)17(24)21-10-4-14(2)5-11-21/h14-15H,3-13H2,1-2H3,(H,20,23). The average Bonchev–Trinajstić information content (AvgIpc) is 3.44. The molecule has 0 atom stereocenters. The Labute approximate surface area is 155 Å². The van der Waals surface area contributed by atoms with Crippen LogP contribution >= 0.6 is 0 Å². The summed E-state index contributed by atoms with van der Waals surface area (Å²) >= 11 is 0. The molecule has 1 aliphatic carbocycles. The van der Waals surface area contributed by atoms with Crippen LogP contribution in [0.5, 0.6) is 0 Å². The quantitative estimate of drug-likeness (QED) is 0.770. The summed E-state index contributed by atoms with van der Waals surface area (Å²) in [6, 6.07) is 0.0276. The van der Waals surface area contributed by atoms with Crippen molar-refractivity contribution in [2.75, 3.05) is 32.8 Å². The molecule has 0 radical (unpaired) electrons. The molecule has 2 saturated heterocycles. The predicted octanol–water partition coefficient (Wildman–Crippen LogP) is 1.76. The van der Waals surface area contributed by atoms with Gasteiger partial charge in [0.1, 0.15) is 5.41 Å². The van der Waals surface area contributed by atoms with Gasteiger partial charge in [-0.05, 0) is 51.4 Å². The van der Waals surface area contributed by atoms with Crippen molar-refractivity contribution in [2.45, 2.75) is 58.4 Å². The molecule has 3 fully saturated rings. The minimum Gasteiger partial charge on any atom is -0.450 e. The smallest absolute Gasteiger partial charge is 0.409 e. The average molecular weight is 365 g/mol. The third-order valence-electron chi connectivity index (χ3n) is 6.02. The summed E-state index contributed by atoms with van der Waals surface area (Å²) in [6.45, 7) is 7.07. The molecule has 7 heteroatoms. The Balaban J connectivity index is 1.49. The fraction of sp³-hybridized carbons (Fsp3) is 0.842. The Kier molecular flexibility index (Phi) is 5.73. The predicted molar refractivity (Wildman–Crippen MR) is 96.4 cm³/mol. The van der Waals surface area contributed by atoms with Gasteiger partial charge in [-0.2, -0.15) is 0 Å². The second-order valence-electron chi connectivity index (χ2n) is 7.99. The molecule has 0 aromatic carbocycles. The van der Waals surface area contributed by atoms with Crippen molar-refractivity contribution in [1.29, 1.82) is 0 Å². The molecule has 2 aliphatic heterocycles. The molecule has 0 aromatic heterocycles. The van der Waals surface area contributed by atoms with Gasteiger partial charge in [0.15, 0.2) is 0 Å². The van der Waals surface area contributed by atoms with Crippen LogP contribution in [0.4, 0.5) is 4.79 Å². The van der Waals surface area contributed by atoms with Crippen LogP contribution in [0.3, 0.4) is 0 Å². The third kappa shape index (κ3) is 3.96. The minimum absolute atomic E-state index is 0.0193. The monoisotopic (exact) mass is 365 g/mol. The Bertz CT molecular complexity index is 545. The van der Waals surface area contributed by atoms with Crippen LogP contribution in [0.1, 0.15) is 52.4 Å². The molecule has 146 valence electrons. The van der Waals surface area contributed by atoms with Crippen LogP contribution in [0.15, 0.2) is 0 Å². The maximum absolute atomic E-state index is 12.9. The highest BCUT2D eigenvalue weighted by Gasteiger charge is 2.58. The van der Waals surface area contributed by atoms with Gasteiger partial charge in [-0.1, -0.05) is 6.92 Å². The van der Waals surface area contributed by atoms with Crippen LogP contribution in [0.25, 0.3) is 0 Å². The van der Waals surface area contributed by atoms with Gasteiger partial charge in [-0.3, -0.25) is 9.59 Å². The van der Waals surface area contributed by atoms with Crippen molar-refractivity contribution >= 4 is 17.9 Å². The van der Waals surface area contributed by atoms with Crippen LogP contribution in [0.2, 0.25) is 0 Å². The maximum Gasteiger partial charge on any atom is 0.409 e. The fourth-order valence-electron chi connectivity index (χ4n) is 3.92. The molecule has 3 rings (SSSR count). The number of nitrogens with one attached hydrogen (secondary N) is 1. The van der Waals surface area contributed by atoms with Gasteiger partial charge < -0.3 is 19.9 Å². The van der Waals surface area contributed by atoms with E-state index in [0.717, 1.165) is 25.9 Å². The number of carbonyl (C=O) groups excluding carboxylic acids is 3. The molecule has 1 saturated carbocycles. The van der Waals surface area contributed by atoms with E-state index in [1.807, 2.05) is 4.90 Å². The van der Waals surface area contributed by atoms with E-state index in [4.69, 9.17) is 4.74 Å². The van der Waals surface area contributed by atoms with Crippen molar-refractivity contribution in [3.8, 4) is 0 Å². The SMILES string of the molecule is CCOC(=O)N1CCC(NC(=O)C2(C(=O)N3CCC(C)CC3)CC2)CC1. The lowest BCUT2D eigenvalue weighted by molar-refractivity contribution is -0.145. The van der Waals surface area contributed by atoms with E-state index >= 15 is 0 Å². The van der Waals surface area contributed by atoms with E-state index in [1.54, 1.807) is 11.8 Å². The van der Waals surface area contributed by atoms with Gasteiger partial charge in [0.25, 0.3) is 0 Å². The molecule has 7 nitrogen and oxygen atoms in total. The molecule has 2 heterocycles. The summed E-state index contributed by atoms with van der Waals surface area (Å²) in [4.78, 5) is 41.0. The molecule has 0 spiro atoms. The highest BCUT2D eigenvalue weighted by atomic mass is 16.6. The lowest BCUT2D eigenvalue weighted by Crippen LogP contribution is -2.52. The zero-order chi connectivity index (χ0) is 18.7. The molecular formula is C19H31N3O4. The van der Waals surface area contributed by atoms with Crippen LogP contribution in [-0.4, -0.2) is 66.5 Å². The Morgan fingerprint density at radius 3 is 2.12 bits per heavy atom. The molecule has 0 unspecified atom stereocenters. The van der Waals surface area contributed by atoms with Crippen molar-refractivity contribution in [3.63, 3.8) is 0 Å². The van der Waals surface area contributed by atoms with Crippen molar-refractivity contribution in [1.82, 2.24) is 15.1 Å². The van der Waals surface area contributed by atoms with E-state index in [-0.39, 0.29) is 23.9 Å². The number of carbonyl (C=O) groups is 3. The number of likely N-dealkylation sites (tertiary alicyclic amines) is 2. The number of nitrogens with zero attached hydrogens (tertiary/aromatic N) is 2. The largest absolute Gasteiger partial charge is 0.450 e. The summed E-state index contributed by atoms with van der Waals surface area (Å²) in [5.41, 5.74) is -0.821. The zero-order valence-electron chi connectivity index (χ0n) is 16.0.